The Morgan fingerprint density at radius 2 is 2.00 bits per heavy atom. The second-order valence-electron chi connectivity index (χ2n) is 4.74. The summed E-state index contributed by atoms with van der Waals surface area (Å²) in [6.07, 6.45) is 3.47. The summed E-state index contributed by atoms with van der Waals surface area (Å²) in [7, 11) is 0. The van der Waals surface area contributed by atoms with Gasteiger partial charge in [-0.2, -0.15) is 0 Å². The van der Waals surface area contributed by atoms with E-state index in [1.54, 1.807) is 0 Å². The Kier molecular flexibility index (Phi) is 3.79. The third-order valence-electron chi connectivity index (χ3n) is 3.44. The largest absolute Gasteiger partial charge is 0.334 e. The van der Waals surface area contributed by atoms with Crippen LogP contribution in [0, 0.1) is 6.92 Å². The van der Waals surface area contributed by atoms with E-state index in [0.29, 0.717) is 19.1 Å². The predicted octanol–water partition coefficient (Wildman–Crippen LogP) is 1.95. The number of nitrogens with two attached hydrogens (primary N) is 1. The van der Waals surface area contributed by atoms with E-state index in [2.05, 4.69) is 0 Å². The molecule has 2 N–H and O–H groups in total. The van der Waals surface area contributed by atoms with Gasteiger partial charge in [0.05, 0.1) is 0 Å². The zero-order valence-electron chi connectivity index (χ0n) is 10.4. The van der Waals surface area contributed by atoms with E-state index in [1.165, 1.54) is 12.0 Å². The summed E-state index contributed by atoms with van der Waals surface area (Å²) in [6, 6.07) is 8.18. The molecule has 3 nitrogen and oxygen atoms in total. The van der Waals surface area contributed by atoms with Gasteiger partial charge in [0.2, 0.25) is 0 Å². The molecule has 1 aliphatic carbocycles. The third kappa shape index (κ3) is 2.67. The number of carbonyl (C=O) groups excluding carboxylic acids is 1. The number of rotatable bonds is 4. The minimum Gasteiger partial charge on any atom is -0.334 e. The molecule has 3 heteroatoms. The Balaban J connectivity index is 2.12. The SMILES string of the molecule is Cc1ccc(C(=O)N(CCN)C2CCC2)cc1. The van der Waals surface area contributed by atoms with Crippen molar-refractivity contribution in [1.82, 2.24) is 4.90 Å². The van der Waals surface area contributed by atoms with Crippen LogP contribution in [0.2, 0.25) is 0 Å². The van der Waals surface area contributed by atoms with Gasteiger partial charge in [0.25, 0.3) is 5.91 Å². The van der Waals surface area contributed by atoms with Gasteiger partial charge in [-0.1, -0.05) is 17.7 Å². The number of benzene rings is 1. The summed E-state index contributed by atoms with van der Waals surface area (Å²) in [4.78, 5) is 14.3. The van der Waals surface area contributed by atoms with Gasteiger partial charge >= 0.3 is 0 Å². The topological polar surface area (TPSA) is 46.3 Å². The molecule has 1 aromatic rings. The van der Waals surface area contributed by atoms with Crippen molar-refractivity contribution >= 4 is 5.91 Å². The molecule has 0 aliphatic heterocycles. The van der Waals surface area contributed by atoms with Crippen LogP contribution in [0.15, 0.2) is 24.3 Å². The Morgan fingerprint density at radius 1 is 1.35 bits per heavy atom. The molecule has 0 radical (unpaired) electrons. The second-order valence-corrected chi connectivity index (χ2v) is 4.74. The average Bonchev–Trinajstić information content (AvgIpc) is 2.26. The smallest absolute Gasteiger partial charge is 0.254 e. The molecule has 0 aromatic heterocycles. The van der Waals surface area contributed by atoms with E-state index in [0.717, 1.165) is 18.4 Å². The zero-order valence-corrected chi connectivity index (χ0v) is 10.4. The molecule has 1 aliphatic rings. The Bertz CT molecular complexity index is 382. The van der Waals surface area contributed by atoms with Crippen LogP contribution in [0.25, 0.3) is 0 Å². The molecule has 0 bridgehead atoms. The highest BCUT2D eigenvalue weighted by atomic mass is 16.2. The predicted molar refractivity (Wildman–Crippen MR) is 68.9 cm³/mol. The summed E-state index contributed by atoms with van der Waals surface area (Å²) < 4.78 is 0. The van der Waals surface area contributed by atoms with Crippen LogP contribution in [0.1, 0.15) is 35.2 Å². The molecule has 0 unspecified atom stereocenters. The van der Waals surface area contributed by atoms with E-state index in [9.17, 15) is 4.79 Å². The Hall–Kier alpha value is -1.35. The van der Waals surface area contributed by atoms with Crippen LogP contribution in [-0.4, -0.2) is 29.9 Å². The van der Waals surface area contributed by atoms with Crippen molar-refractivity contribution in [1.29, 1.82) is 0 Å². The maximum absolute atomic E-state index is 12.4. The molecule has 0 atom stereocenters. The molecule has 0 spiro atoms. The van der Waals surface area contributed by atoms with Crippen molar-refractivity contribution in [3.63, 3.8) is 0 Å². The minimum absolute atomic E-state index is 0.125. The van der Waals surface area contributed by atoms with Crippen LogP contribution < -0.4 is 5.73 Å². The molecule has 0 saturated heterocycles. The lowest BCUT2D eigenvalue weighted by Gasteiger charge is -2.37. The van der Waals surface area contributed by atoms with E-state index in [4.69, 9.17) is 5.73 Å². The lowest BCUT2D eigenvalue weighted by atomic mass is 9.91. The highest BCUT2D eigenvalue weighted by Gasteiger charge is 2.28. The molecule has 92 valence electrons. The van der Waals surface area contributed by atoms with Gasteiger partial charge in [0.15, 0.2) is 0 Å². The number of aryl methyl sites for hydroxylation is 1. The summed E-state index contributed by atoms with van der Waals surface area (Å²) in [5, 5.41) is 0. The third-order valence-corrected chi connectivity index (χ3v) is 3.44. The highest BCUT2D eigenvalue weighted by molar-refractivity contribution is 5.94. The van der Waals surface area contributed by atoms with Gasteiger partial charge in [-0.3, -0.25) is 4.79 Å². The van der Waals surface area contributed by atoms with E-state index in [1.807, 2.05) is 36.1 Å². The Labute approximate surface area is 103 Å². The molecule has 0 heterocycles. The van der Waals surface area contributed by atoms with Crippen LogP contribution in [0.3, 0.4) is 0 Å². The maximum atomic E-state index is 12.4. The van der Waals surface area contributed by atoms with Crippen molar-refractivity contribution in [2.75, 3.05) is 13.1 Å². The lowest BCUT2D eigenvalue weighted by molar-refractivity contribution is 0.0588. The maximum Gasteiger partial charge on any atom is 0.254 e. The number of amides is 1. The molecule has 17 heavy (non-hydrogen) atoms. The van der Waals surface area contributed by atoms with Gasteiger partial charge in [0.1, 0.15) is 0 Å². The van der Waals surface area contributed by atoms with Crippen LogP contribution in [0.4, 0.5) is 0 Å². The summed E-state index contributed by atoms with van der Waals surface area (Å²) in [5.41, 5.74) is 7.54. The lowest BCUT2D eigenvalue weighted by Crippen LogP contribution is -2.46. The number of hydrogen-bond acceptors (Lipinski definition) is 2. The first-order valence-electron chi connectivity index (χ1n) is 6.30. The fourth-order valence-corrected chi connectivity index (χ4v) is 2.15. The highest BCUT2D eigenvalue weighted by Crippen LogP contribution is 2.25. The molecule has 1 saturated carbocycles. The molecule has 1 fully saturated rings. The van der Waals surface area contributed by atoms with Crippen LogP contribution >= 0.6 is 0 Å². The Morgan fingerprint density at radius 3 is 2.47 bits per heavy atom. The van der Waals surface area contributed by atoms with E-state index < -0.39 is 0 Å². The van der Waals surface area contributed by atoms with Crippen molar-refractivity contribution in [3.05, 3.63) is 35.4 Å². The van der Waals surface area contributed by atoms with Crippen molar-refractivity contribution in [2.45, 2.75) is 32.2 Å². The summed E-state index contributed by atoms with van der Waals surface area (Å²) in [6.45, 7) is 3.23. The molecular formula is C14H20N2O. The van der Waals surface area contributed by atoms with Crippen LogP contribution in [0.5, 0.6) is 0 Å². The first kappa shape index (κ1) is 12.1. The van der Waals surface area contributed by atoms with Crippen molar-refractivity contribution < 1.29 is 4.79 Å². The van der Waals surface area contributed by atoms with Gasteiger partial charge in [-0.15, -0.1) is 0 Å². The number of hydrogen-bond donors (Lipinski definition) is 1. The zero-order chi connectivity index (χ0) is 12.3. The normalized spacial score (nSPS) is 15.4. The first-order valence-corrected chi connectivity index (χ1v) is 6.30. The first-order chi connectivity index (χ1) is 8.22. The molecular weight excluding hydrogens is 212 g/mol. The monoisotopic (exact) mass is 232 g/mol. The van der Waals surface area contributed by atoms with E-state index >= 15 is 0 Å². The summed E-state index contributed by atoms with van der Waals surface area (Å²) >= 11 is 0. The minimum atomic E-state index is 0.125. The van der Waals surface area contributed by atoms with Crippen molar-refractivity contribution in [3.8, 4) is 0 Å². The number of nitrogens with zero attached hydrogens (tertiary/aromatic N) is 1. The second kappa shape index (κ2) is 5.32. The molecule has 1 amide bonds. The quantitative estimate of drug-likeness (QED) is 0.862. The fraction of sp³-hybridized carbons (Fsp3) is 0.500. The van der Waals surface area contributed by atoms with E-state index in [-0.39, 0.29) is 5.91 Å². The van der Waals surface area contributed by atoms with Gasteiger partial charge in [-0.25, -0.2) is 0 Å². The van der Waals surface area contributed by atoms with Gasteiger partial charge in [0, 0.05) is 24.7 Å². The molecule has 2 rings (SSSR count). The fourth-order valence-electron chi connectivity index (χ4n) is 2.15. The standard InChI is InChI=1S/C14H20N2O/c1-11-5-7-12(8-6-11)14(17)16(10-9-15)13-3-2-4-13/h5-8,13H,2-4,9-10,15H2,1H3. The van der Waals surface area contributed by atoms with Gasteiger partial charge < -0.3 is 10.6 Å². The van der Waals surface area contributed by atoms with Crippen LogP contribution in [-0.2, 0) is 0 Å². The average molecular weight is 232 g/mol. The number of carbonyl (C=O) groups is 1. The summed E-state index contributed by atoms with van der Waals surface area (Å²) in [5.74, 6) is 0.125. The van der Waals surface area contributed by atoms with Crippen molar-refractivity contribution in [2.24, 2.45) is 5.73 Å². The van der Waals surface area contributed by atoms with Gasteiger partial charge in [-0.05, 0) is 38.3 Å². The molecule has 1 aromatic carbocycles.